The molecule has 7 heteroatoms. The second kappa shape index (κ2) is 6.99. The third-order valence-corrected chi connectivity index (χ3v) is 6.17. The first-order valence-corrected chi connectivity index (χ1v) is 11.5. The van der Waals surface area contributed by atoms with E-state index in [2.05, 4.69) is 36.0 Å². The van der Waals surface area contributed by atoms with E-state index in [1.54, 1.807) is 24.3 Å². The van der Waals surface area contributed by atoms with E-state index in [-0.39, 0.29) is 10.3 Å². The van der Waals surface area contributed by atoms with Crippen LogP contribution in [0.25, 0.3) is 11.4 Å². The number of ether oxygens (including phenoxy) is 1. The molecular weight excluding hydrogens is 386 g/mol. The van der Waals surface area contributed by atoms with Gasteiger partial charge in [0.1, 0.15) is 17.2 Å². The van der Waals surface area contributed by atoms with Gasteiger partial charge in [-0.05, 0) is 49.1 Å². The number of hydrogen-bond acceptors (Lipinski definition) is 5. The van der Waals surface area contributed by atoms with Crippen molar-refractivity contribution >= 4 is 9.84 Å². The molecule has 0 aliphatic heterocycles. The van der Waals surface area contributed by atoms with Gasteiger partial charge in [-0.25, -0.2) is 8.42 Å². The molecular formula is C22H25N3O3S. The molecule has 0 atom stereocenters. The molecule has 0 amide bonds. The van der Waals surface area contributed by atoms with Crippen molar-refractivity contribution in [1.29, 1.82) is 0 Å². The zero-order valence-electron chi connectivity index (χ0n) is 17.1. The van der Waals surface area contributed by atoms with E-state index in [1.807, 2.05) is 18.3 Å². The molecule has 1 N–H and O–H groups in total. The van der Waals surface area contributed by atoms with Crippen LogP contribution < -0.4 is 4.74 Å². The van der Waals surface area contributed by atoms with Crippen LogP contribution in [0, 0.1) is 0 Å². The Hall–Kier alpha value is -2.67. The first-order valence-electron chi connectivity index (χ1n) is 9.65. The fourth-order valence-corrected chi connectivity index (χ4v) is 3.73. The van der Waals surface area contributed by atoms with Gasteiger partial charge in [0.15, 0.2) is 9.84 Å². The van der Waals surface area contributed by atoms with Crippen molar-refractivity contribution in [3.05, 3.63) is 53.9 Å². The van der Waals surface area contributed by atoms with Crippen LogP contribution in [0.3, 0.4) is 0 Å². The van der Waals surface area contributed by atoms with Gasteiger partial charge in [-0.15, -0.1) is 0 Å². The number of pyridine rings is 1. The van der Waals surface area contributed by atoms with Gasteiger partial charge >= 0.3 is 0 Å². The number of benzene rings is 1. The lowest BCUT2D eigenvalue weighted by atomic mass is 9.92. The van der Waals surface area contributed by atoms with E-state index in [9.17, 15) is 8.42 Å². The van der Waals surface area contributed by atoms with Crippen LogP contribution in [0.1, 0.15) is 50.8 Å². The largest absolute Gasteiger partial charge is 0.457 e. The average Bonchev–Trinajstić information content (AvgIpc) is 3.35. The minimum Gasteiger partial charge on any atom is -0.457 e. The Morgan fingerprint density at radius 1 is 1.07 bits per heavy atom. The third-order valence-electron chi connectivity index (χ3n) is 5.04. The Morgan fingerprint density at radius 2 is 1.76 bits per heavy atom. The van der Waals surface area contributed by atoms with Crippen molar-refractivity contribution in [1.82, 2.24) is 15.2 Å². The SMILES string of the molecule is CC(C)(C)c1cc(-c2cc(Oc3ccc(S(C)(=O)=O)cc3)c(C3CC3)cn2)n[nH]1. The van der Waals surface area contributed by atoms with Gasteiger partial charge in [0, 0.05) is 35.2 Å². The van der Waals surface area contributed by atoms with E-state index in [0.717, 1.165) is 41.2 Å². The number of H-pyrrole nitrogens is 1. The highest BCUT2D eigenvalue weighted by Crippen LogP contribution is 2.45. The summed E-state index contributed by atoms with van der Waals surface area (Å²) in [6.07, 6.45) is 5.32. The van der Waals surface area contributed by atoms with Crippen LogP contribution in [0.4, 0.5) is 0 Å². The average molecular weight is 412 g/mol. The van der Waals surface area contributed by atoms with Crippen LogP contribution >= 0.6 is 0 Å². The molecule has 1 aliphatic rings. The smallest absolute Gasteiger partial charge is 0.175 e. The molecule has 1 aromatic carbocycles. The summed E-state index contributed by atoms with van der Waals surface area (Å²) in [5, 5.41) is 7.52. The van der Waals surface area contributed by atoms with E-state index >= 15 is 0 Å². The topological polar surface area (TPSA) is 84.9 Å². The van der Waals surface area contributed by atoms with Gasteiger partial charge < -0.3 is 4.74 Å². The van der Waals surface area contributed by atoms with Crippen LogP contribution in [0.15, 0.2) is 47.5 Å². The van der Waals surface area contributed by atoms with E-state index in [4.69, 9.17) is 4.74 Å². The van der Waals surface area contributed by atoms with Crippen molar-refractivity contribution in [3.63, 3.8) is 0 Å². The molecule has 0 saturated heterocycles. The molecule has 0 radical (unpaired) electrons. The zero-order valence-corrected chi connectivity index (χ0v) is 17.9. The molecule has 6 nitrogen and oxygen atoms in total. The Labute approximate surface area is 171 Å². The maximum absolute atomic E-state index is 11.7. The molecule has 0 unspecified atom stereocenters. The maximum atomic E-state index is 11.7. The van der Waals surface area contributed by atoms with Crippen LogP contribution in [0.5, 0.6) is 11.5 Å². The summed E-state index contributed by atoms with van der Waals surface area (Å²) in [4.78, 5) is 4.88. The summed E-state index contributed by atoms with van der Waals surface area (Å²) in [5.41, 5.74) is 3.60. The molecule has 29 heavy (non-hydrogen) atoms. The summed E-state index contributed by atoms with van der Waals surface area (Å²) in [6.45, 7) is 6.38. The predicted molar refractivity (Wildman–Crippen MR) is 112 cm³/mol. The van der Waals surface area contributed by atoms with Crippen LogP contribution in [-0.2, 0) is 15.3 Å². The van der Waals surface area contributed by atoms with Gasteiger partial charge in [-0.2, -0.15) is 5.10 Å². The van der Waals surface area contributed by atoms with Crippen molar-refractivity contribution in [2.24, 2.45) is 0 Å². The highest BCUT2D eigenvalue weighted by molar-refractivity contribution is 7.90. The van der Waals surface area contributed by atoms with Gasteiger partial charge in [0.25, 0.3) is 0 Å². The molecule has 2 aromatic heterocycles. The van der Waals surface area contributed by atoms with Crippen molar-refractivity contribution in [2.75, 3.05) is 6.26 Å². The van der Waals surface area contributed by atoms with E-state index < -0.39 is 9.84 Å². The normalized spacial score (nSPS) is 14.8. The standard InChI is InChI=1S/C22H25N3O3S/c1-22(2,3)21-12-19(24-25-21)18-11-20(17(13-23-18)14-5-6-14)28-15-7-9-16(10-8-15)29(4,26)27/h7-14H,5-6H2,1-4H3,(H,24,25). The first-order chi connectivity index (χ1) is 13.6. The van der Waals surface area contributed by atoms with E-state index in [1.165, 1.54) is 6.26 Å². The Morgan fingerprint density at radius 3 is 2.31 bits per heavy atom. The van der Waals surface area contributed by atoms with Crippen molar-refractivity contribution in [2.45, 2.75) is 49.8 Å². The Balaban J connectivity index is 1.66. The molecule has 4 rings (SSSR count). The summed E-state index contributed by atoms with van der Waals surface area (Å²) in [5.74, 6) is 1.80. The van der Waals surface area contributed by atoms with Crippen molar-refractivity contribution in [3.8, 4) is 22.9 Å². The predicted octanol–water partition coefficient (Wildman–Crippen LogP) is 4.84. The Bertz CT molecular complexity index is 1140. The lowest BCUT2D eigenvalue weighted by Gasteiger charge is -2.14. The molecule has 3 aromatic rings. The summed E-state index contributed by atoms with van der Waals surface area (Å²) in [6, 6.07) is 10.4. The first kappa shape index (κ1) is 19.6. The van der Waals surface area contributed by atoms with Gasteiger partial charge in [0.2, 0.25) is 0 Å². The number of hydrogen-bond donors (Lipinski definition) is 1. The lowest BCUT2D eigenvalue weighted by Crippen LogP contribution is -2.11. The highest BCUT2D eigenvalue weighted by atomic mass is 32.2. The molecule has 1 saturated carbocycles. The monoisotopic (exact) mass is 411 g/mol. The summed E-state index contributed by atoms with van der Waals surface area (Å²) in [7, 11) is -3.23. The number of aromatic nitrogens is 3. The van der Waals surface area contributed by atoms with Gasteiger partial charge in [-0.3, -0.25) is 10.1 Å². The Kier molecular flexibility index (Phi) is 4.73. The third kappa shape index (κ3) is 4.34. The quantitative estimate of drug-likeness (QED) is 0.649. The summed E-state index contributed by atoms with van der Waals surface area (Å²) >= 11 is 0. The van der Waals surface area contributed by atoms with Gasteiger partial charge in [-0.1, -0.05) is 20.8 Å². The number of nitrogens with zero attached hydrogens (tertiary/aromatic N) is 2. The van der Waals surface area contributed by atoms with E-state index in [0.29, 0.717) is 11.7 Å². The molecule has 1 fully saturated rings. The number of rotatable bonds is 5. The van der Waals surface area contributed by atoms with Gasteiger partial charge in [0.05, 0.1) is 10.6 Å². The van der Waals surface area contributed by atoms with Crippen molar-refractivity contribution < 1.29 is 13.2 Å². The molecule has 1 aliphatic carbocycles. The number of nitrogens with one attached hydrogen (secondary N) is 1. The lowest BCUT2D eigenvalue weighted by molar-refractivity contribution is 0.475. The maximum Gasteiger partial charge on any atom is 0.175 e. The van der Waals surface area contributed by atoms with Crippen LogP contribution in [0.2, 0.25) is 0 Å². The van der Waals surface area contributed by atoms with Crippen LogP contribution in [-0.4, -0.2) is 29.9 Å². The minimum atomic E-state index is -3.23. The highest BCUT2D eigenvalue weighted by Gasteiger charge is 2.28. The zero-order chi connectivity index (χ0) is 20.8. The molecule has 2 heterocycles. The minimum absolute atomic E-state index is 0.0279. The molecule has 152 valence electrons. The molecule has 0 bridgehead atoms. The summed E-state index contributed by atoms with van der Waals surface area (Å²) < 4.78 is 29.5. The molecule has 0 spiro atoms. The second-order valence-corrected chi connectivity index (χ2v) is 10.7. The second-order valence-electron chi connectivity index (χ2n) is 8.64. The fourth-order valence-electron chi connectivity index (χ4n) is 3.10. The fraction of sp³-hybridized carbons (Fsp3) is 0.364. The number of sulfone groups is 1. The number of aromatic amines is 1.